The third kappa shape index (κ3) is 5.19. The molecule has 0 amide bonds. The maximum Gasteiger partial charge on any atom is 0.154 e. The van der Waals surface area contributed by atoms with Gasteiger partial charge in [0.25, 0.3) is 0 Å². The average molecular weight is 287 g/mol. The highest BCUT2D eigenvalue weighted by Gasteiger charge is 1.97. The molecule has 1 heterocycles. The summed E-state index contributed by atoms with van der Waals surface area (Å²) in [6.45, 7) is 0. The maximum absolute atomic E-state index is 5.19. The Balaban J connectivity index is 1.75. The molecule has 0 unspecified atom stereocenters. The molecular formula is C14H13N3S2. The number of nitrogens with one attached hydrogen (secondary N) is 1. The molecule has 0 atom stereocenters. The summed E-state index contributed by atoms with van der Waals surface area (Å²) < 4.78 is 0.649. The molecule has 0 radical (unpaired) electrons. The summed E-state index contributed by atoms with van der Waals surface area (Å²) in [6, 6.07) is 15.9. The molecular weight excluding hydrogens is 274 g/mol. The molecule has 1 aromatic heterocycles. The molecule has 0 spiro atoms. The number of thiocarbonyl (C=S) groups is 1. The maximum atomic E-state index is 5.19. The van der Waals surface area contributed by atoms with Crippen LogP contribution in [0.1, 0.15) is 11.3 Å². The number of aromatic nitrogens is 1. The second-order valence-corrected chi connectivity index (χ2v) is 5.34. The van der Waals surface area contributed by atoms with Crippen molar-refractivity contribution in [1.29, 1.82) is 0 Å². The molecule has 0 aliphatic heterocycles. The molecule has 3 nitrogen and oxygen atoms in total. The highest BCUT2D eigenvalue weighted by Crippen LogP contribution is 2.12. The van der Waals surface area contributed by atoms with Crippen molar-refractivity contribution >= 4 is 34.5 Å². The Morgan fingerprint density at radius 3 is 2.74 bits per heavy atom. The van der Waals surface area contributed by atoms with Gasteiger partial charge >= 0.3 is 0 Å². The Morgan fingerprint density at radius 2 is 2.00 bits per heavy atom. The number of hydrogen-bond donors (Lipinski definition) is 1. The second-order valence-electron chi connectivity index (χ2n) is 3.69. The van der Waals surface area contributed by atoms with Gasteiger partial charge in [0.2, 0.25) is 0 Å². The minimum Gasteiger partial charge on any atom is -0.262 e. The van der Waals surface area contributed by atoms with Crippen LogP contribution in [0.4, 0.5) is 0 Å². The number of pyridine rings is 1. The van der Waals surface area contributed by atoms with Gasteiger partial charge in [-0.1, -0.05) is 60.4 Å². The molecule has 96 valence electrons. The normalized spacial score (nSPS) is 10.5. The van der Waals surface area contributed by atoms with Gasteiger partial charge in [0, 0.05) is 11.9 Å². The number of hydrogen-bond acceptors (Lipinski definition) is 4. The van der Waals surface area contributed by atoms with Gasteiger partial charge in [0.15, 0.2) is 4.32 Å². The van der Waals surface area contributed by atoms with Gasteiger partial charge in [-0.25, -0.2) is 0 Å². The monoisotopic (exact) mass is 287 g/mol. The highest BCUT2D eigenvalue weighted by atomic mass is 32.2. The predicted molar refractivity (Wildman–Crippen MR) is 85.3 cm³/mol. The van der Waals surface area contributed by atoms with Crippen LogP contribution < -0.4 is 5.43 Å². The van der Waals surface area contributed by atoms with Gasteiger partial charge < -0.3 is 0 Å². The Labute approximate surface area is 122 Å². The van der Waals surface area contributed by atoms with E-state index in [2.05, 4.69) is 27.6 Å². The van der Waals surface area contributed by atoms with E-state index in [0.717, 1.165) is 11.4 Å². The molecule has 0 saturated heterocycles. The van der Waals surface area contributed by atoms with Crippen LogP contribution in [0.15, 0.2) is 59.8 Å². The summed E-state index contributed by atoms with van der Waals surface area (Å²) in [4.78, 5) is 4.13. The van der Waals surface area contributed by atoms with Crippen molar-refractivity contribution in [2.75, 3.05) is 0 Å². The van der Waals surface area contributed by atoms with Crippen LogP contribution in [0.3, 0.4) is 0 Å². The lowest BCUT2D eigenvalue weighted by molar-refractivity contribution is 1.07. The van der Waals surface area contributed by atoms with Crippen molar-refractivity contribution in [3.8, 4) is 0 Å². The molecule has 1 N–H and O–H groups in total. The SMILES string of the molecule is S=C(N/N=C/c1ccccn1)SCc1ccccc1. The standard InChI is InChI=1S/C14H13N3S2/c18-14(19-11-12-6-2-1-3-7-12)17-16-10-13-8-4-5-9-15-13/h1-10H,11H2,(H,17,18)/b16-10+. The third-order valence-electron chi connectivity index (χ3n) is 2.25. The Morgan fingerprint density at radius 1 is 1.21 bits per heavy atom. The minimum atomic E-state index is 0.649. The van der Waals surface area contributed by atoms with Crippen LogP contribution in [-0.4, -0.2) is 15.5 Å². The molecule has 0 bridgehead atoms. The molecule has 5 heteroatoms. The molecule has 19 heavy (non-hydrogen) atoms. The summed E-state index contributed by atoms with van der Waals surface area (Å²) in [7, 11) is 0. The van der Waals surface area contributed by atoms with E-state index in [1.54, 1.807) is 24.2 Å². The molecule has 0 saturated carbocycles. The third-order valence-corrected chi connectivity index (χ3v) is 3.53. The van der Waals surface area contributed by atoms with Gasteiger partial charge in [-0.2, -0.15) is 5.10 Å². The zero-order valence-corrected chi connectivity index (χ0v) is 11.8. The van der Waals surface area contributed by atoms with Crippen molar-refractivity contribution in [1.82, 2.24) is 10.4 Å². The summed E-state index contributed by atoms with van der Waals surface area (Å²) in [5, 5.41) is 4.05. The largest absolute Gasteiger partial charge is 0.262 e. The fourth-order valence-corrected chi connectivity index (χ4v) is 2.20. The Bertz CT molecular complexity index is 541. The summed E-state index contributed by atoms with van der Waals surface area (Å²) in [6.07, 6.45) is 3.37. The second kappa shape index (κ2) is 7.66. The highest BCUT2D eigenvalue weighted by molar-refractivity contribution is 8.22. The fourth-order valence-electron chi connectivity index (χ4n) is 1.36. The lowest BCUT2D eigenvalue weighted by atomic mass is 10.2. The van der Waals surface area contributed by atoms with Crippen molar-refractivity contribution in [3.63, 3.8) is 0 Å². The van der Waals surface area contributed by atoms with Crippen LogP contribution in [0.2, 0.25) is 0 Å². The molecule has 0 fully saturated rings. The fraction of sp³-hybridized carbons (Fsp3) is 0.0714. The summed E-state index contributed by atoms with van der Waals surface area (Å²) in [5.41, 5.74) is 4.86. The van der Waals surface area contributed by atoms with Crippen molar-refractivity contribution in [2.24, 2.45) is 5.10 Å². The van der Waals surface area contributed by atoms with Crippen molar-refractivity contribution < 1.29 is 0 Å². The van der Waals surface area contributed by atoms with Crippen LogP contribution >= 0.6 is 24.0 Å². The lowest BCUT2D eigenvalue weighted by Gasteiger charge is -2.02. The van der Waals surface area contributed by atoms with E-state index in [4.69, 9.17) is 12.2 Å². The van der Waals surface area contributed by atoms with E-state index in [9.17, 15) is 0 Å². The quantitative estimate of drug-likeness (QED) is 0.532. The summed E-state index contributed by atoms with van der Waals surface area (Å²) in [5.74, 6) is 0.839. The van der Waals surface area contributed by atoms with E-state index < -0.39 is 0 Å². The van der Waals surface area contributed by atoms with Crippen molar-refractivity contribution in [2.45, 2.75) is 5.75 Å². The first kappa shape index (κ1) is 13.7. The number of rotatable bonds is 4. The molecule has 0 aliphatic rings. The van der Waals surface area contributed by atoms with E-state index in [1.165, 1.54) is 5.56 Å². The van der Waals surface area contributed by atoms with Gasteiger partial charge in [-0.3, -0.25) is 10.4 Å². The Kier molecular flexibility index (Phi) is 5.52. The van der Waals surface area contributed by atoms with Gasteiger partial charge in [-0.15, -0.1) is 0 Å². The molecule has 0 aliphatic carbocycles. The zero-order valence-electron chi connectivity index (χ0n) is 10.2. The van der Waals surface area contributed by atoms with Crippen LogP contribution in [0, 0.1) is 0 Å². The van der Waals surface area contributed by atoms with Gasteiger partial charge in [0.05, 0.1) is 11.9 Å². The smallest absolute Gasteiger partial charge is 0.154 e. The number of hydrazone groups is 1. The first-order valence-electron chi connectivity index (χ1n) is 5.75. The van der Waals surface area contributed by atoms with E-state index in [1.807, 2.05) is 36.4 Å². The Hall–Kier alpha value is -1.72. The van der Waals surface area contributed by atoms with Crippen molar-refractivity contribution in [3.05, 3.63) is 66.0 Å². The number of thioether (sulfide) groups is 1. The first-order valence-corrected chi connectivity index (χ1v) is 7.15. The minimum absolute atomic E-state index is 0.649. The first-order chi connectivity index (χ1) is 9.34. The topological polar surface area (TPSA) is 37.3 Å². The number of benzene rings is 1. The average Bonchev–Trinajstić information content (AvgIpc) is 2.47. The van der Waals surface area contributed by atoms with E-state index in [-0.39, 0.29) is 0 Å². The van der Waals surface area contributed by atoms with Crippen LogP contribution in [0.25, 0.3) is 0 Å². The molecule has 2 aromatic rings. The summed E-state index contributed by atoms with van der Waals surface area (Å²) >= 11 is 6.74. The molecule has 2 rings (SSSR count). The van der Waals surface area contributed by atoms with Crippen LogP contribution in [0.5, 0.6) is 0 Å². The van der Waals surface area contributed by atoms with Gasteiger partial charge in [0.1, 0.15) is 0 Å². The van der Waals surface area contributed by atoms with Crippen LogP contribution in [-0.2, 0) is 5.75 Å². The van der Waals surface area contributed by atoms with E-state index >= 15 is 0 Å². The number of nitrogens with zero attached hydrogens (tertiary/aromatic N) is 2. The van der Waals surface area contributed by atoms with Gasteiger partial charge in [-0.05, 0) is 17.7 Å². The zero-order chi connectivity index (χ0) is 13.3. The predicted octanol–water partition coefficient (Wildman–Crippen LogP) is 3.22. The molecule has 1 aromatic carbocycles. The van der Waals surface area contributed by atoms with E-state index in [0.29, 0.717) is 4.32 Å². The lowest BCUT2D eigenvalue weighted by Crippen LogP contribution is -2.11.